The fourth-order valence-electron chi connectivity index (χ4n) is 2.84. The fraction of sp³-hybridized carbons (Fsp3) is 0.240. The van der Waals surface area contributed by atoms with Crippen molar-refractivity contribution in [2.45, 2.75) is 6.92 Å². The minimum absolute atomic E-state index is 0.0821. The second kappa shape index (κ2) is 13.1. The summed E-state index contributed by atoms with van der Waals surface area (Å²) < 4.78 is 26.5. The van der Waals surface area contributed by atoms with Crippen LogP contribution in [0.4, 0.5) is 0 Å². The molecular weight excluding hydrogens is 460 g/mol. The SMILES string of the molecule is C/C=C/C(=O)SCC(=O)Oc1cc(C(=O)C=Cc2cc(OC)c(OC)c(OC)c2)ccc1OC. The standard InChI is InChI=1S/C25H26O8S/c1-6-7-24(28)34-15-23(27)33-20-14-17(9-11-19(20)29-2)18(26)10-8-16-12-21(30-3)25(32-5)22(13-16)31-4/h6-14H,15H2,1-5H3/b7-6+,10-8?. The molecule has 0 aliphatic heterocycles. The number of rotatable bonds is 11. The van der Waals surface area contributed by atoms with Gasteiger partial charge in [0, 0.05) is 5.56 Å². The Kier molecular flexibility index (Phi) is 10.2. The van der Waals surface area contributed by atoms with Crippen LogP contribution in [-0.4, -0.2) is 51.1 Å². The zero-order valence-electron chi connectivity index (χ0n) is 19.6. The third-order valence-corrected chi connectivity index (χ3v) is 5.22. The van der Waals surface area contributed by atoms with E-state index in [9.17, 15) is 14.4 Å². The maximum Gasteiger partial charge on any atom is 0.321 e. The molecule has 0 spiro atoms. The van der Waals surface area contributed by atoms with Crippen LogP contribution in [-0.2, 0) is 9.59 Å². The second-order valence-corrected chi connectivity index (χ2v) is 7.58. The molecule has 180 valence electrons. The first-order valence-electron chi connectivity index (χ1n) is 10.1. The molecule has 0 fully saturated rings. The number of benzene rings is 2. The molecule has 0 amide bonds. The summed E-state index contributed by atoms with van der Waals surface area (Å²) in [5, 5.41) is -0.257. The Hall–Kier alpha value is -3.72. The van der Waals surface area contributed by atoms with Gasteiger partial charge in [-0.25, -0.2) is 0 Å². The van der Waals surface area contributed by atoms with Crippen molar-refractivity contribution in [2.75, 3.05) is 34.2 Å². The molecule has 0 saturated heterocycles. The molecule has 0 unspecified atom stereocenters. The molecule has 8 nitrogen and oxygen atoms in total. The van der Waals surface area contributed by atoms with Crippen molar-refractivity contribution in [3.8, 4) is 28.7 Å². The molecule has 0 bridgehead atoms. The van der Waals surface area contributed by atoms with Crippen LogP contribution in [0.3, 0.4) is 0 Å². The average Bonchev–Trinajstić information content (AvgIpc) is 2.85. The quantitative estimate of drug-likeness (QED) is 0.199. The first kappa shape index (κ1) is 26.5. The molecule has 34 heavy (non-hydrogen) atoms. The lowest BCUT2D eigenvalue weighted by molar-refractivity contribution is -0.131. The van der Waals surface area contributed by atoms with Crippen LogP contribution >= 0.6 is 11.8 Å². The Morgan fingerprint density at radius 1 is 0.824 bits per heavy atom. The number of carbonyl (C=O) groups is 3. The van der Waals surface area contributed by atoms with E-state index in [-0.39, 0.29) is 33.7 Å². The zero-order valence-corrected chi connectivity index (χ0v) is 20.4. The molecule has 0 atom stereocenters. The second-order valence-electron chi connectivity index (χ2n) is 6.60. The number of esters is 1. The van der Waals surface area contributed by atoms with Gasteiger partial charge in [-0.15, -0.1) is 0 Å². The highest BCUT2D eigenvalue weighted by Crippen LogP contribution is 2.38. The van der Waals surface area contributed by atoms with Crippen LogP contribution < -0.4 is 23.7 Å². The third kappa shape index (κ3) is 7.14. The Morgan fingerprint density at radius 3 is 2.03 bits per heavy atom. The van der Waals surface area contributed by atoms with E-state index in [0.717, 1.165) is 11.8 Å². The van der Waals surface area contributed by atoms with Crippen LogP contribution in [0.5, 0.6) is 28.7 Å². The summed E-state index contributed by atoms with van der Waals surface area (Å²) in [7, 11) is 5.94. The summed E-state index contributed by atoms with van der Waals surface area (Å²) >= 11 is 0.818. The number of ether oxygens (including phenoxy) is 5. The van der Waals surface area contributed by atoms with Crippen molar-refractivity contribution in [1.82, 2.24) is 0 Å². The number of hydrogen-bond donors (Lipinski definition) is 0. The Morgan fingerprint density at radius 2 is 1.47 bits per heavy atom. The third-order valence-electron chi connectivity index (χ3n) is 4.42. The van der Waals surface area contributed by atoms with Gasteiger partial charge in [-0.3, -0.25) is 14.4 Å². The Balaban J connectivity index is 2.21. The summed E-state index contributed by atoms with van der Waals surface area (Å²) in [5.74, 6) is 0.579. The summed E-state index contributed by atoms with van der Waals surface area (Å²) in [6.45, 7) is 1.71. The number of carbonyl (C=O) groups excluding carboxylic acids is 3. The predicted molar refractivity (Wildman–Crippen MR) is 130 cm³/mol. The minimum Gasteiger partial charge on any atom is -0.493 e. The van der Waals surface area contributed by atoms with Gasteiger partial charge in [0.05, 0.1) is 34.2 Å². The van der Waals surface area contributed by atoms with E-state index in [4.69, 9.17) is 23.7 Å². The van der Waals surface area contributed by atoms with Crippen molar-refractivity contribution < 1.29 is 38.1 Å². The highest BCUT2D eigenvalue weighted by molar-refractivity contribution is 8.14. The summed E-state index contributed by atoms with van der Waals surface area (Å²) in [6.07, 6.45) is 5.93. The van der Waals surface area contributed by atoms with E-state index in [1.54, 1.807) is 37.3 Å². The van der Waals surface area contributed by atoms with Crippen LogP contribution in [0.15, 0.2) is 48.6 Å². The molecule has 9 heteroatoms. The Labute approximate surface area is 202 Å². The van der Waals surface area contributed by atoms with Gasteiger partial charge in [0.2, 0.25) is 10.9 Å². The summed E-state index contributed by atoms with van der Waals surface area (Å²) in [4.78, 5) is 36.4. The monoisotopic (exact) mass is 486 g/mol. The van der Waals surface area contributed by atoms with Gasteiger partial charge in [-0.1, -0.05) is 23.9 Å². The molecule has 0 aliphatic carbocycles. The number of ketones is 1. The van der Waals surface area contributed by atoms with E-state index < -0.39 is 5.97 Å². The molecule has 0 heterocycles. The highest BCUT2D eigenvalue weighted by Gasteiger charge is 2.15. The van der Waals surface area contributed by atoms with E-state index in [2.05, 4.69) is 0 Å². The zero-order chi connectivity index (χ0) is 25.1. The predicted octanol–water partition coefficient (Wildman–Crippen LogP) is 4.36. The van der Waals surface area contributed by atoms with Crippen LogP contribution in [0, 0.1) is 0 Å². The number of hydrogen-bond acceptors (Lipinski definition) is 9. The van der Waals surface area contributed by atoms with Crippen molar-refractivity contribution in [3.63, 3.8) is 0 Å². The normalized spacial score (nSPS) is 10.9. The van der Waals surface area contributed by atoms with Crippen LogP contribution in [0.25, 0.3) is 6.08 Å². The number of thioether (sulfide) groups is 1. The topological polar surface area (TPSA) is 97.4 Å². The van der Waals surface area contributed by atoms with Crippen LogP contribution in [0.2, 0.25) is 0 Å². The maximum absolute atomic E-state index is 12.8. The van der Waals surface area contributed by atoms with Gasteiger partial charge in [-0.05, 0) is 55.0 Å². The molecule has 0 radical (unpaired) electrons. The molecular formula is C25H26O8S. The number of allylic oxidation sites excluding steroid dienone is 2. The van der Waals surface area contributed by atoms with Crippen LogP contribution in [0.1, 0.15) is 22.8 Å². The van der Waals surface area contributed by atoms with Crippen molar-refractivity contribution >= 4 is 34.7 Å². The lowest BCUT2D eigenvalue weighted by Gasteiger charge is -2.12. The first-order chi connectivity index (χ1) is 16.4. The van der Waals surface area contributed by atoms with E-state index >= 15 is 0 Å². The van der Waals surface area contributed by atoms with Gasteiger partial charge in [0.15, 0.2) is 28.8 Å². The van der Waals surface area contributed by atoms with Gasteiger partial charge in [0.25, 0.3) is 0 Å². The molecule has 2 rings (SSSR count). The van der Waals surface area contributed by atoms with Crippen molar-refractivity contribution in [2.24, 2.45) is 0 Å². The highest BCUT2D eigenvalue weighted by atomic mass is 32.2. The molecule has 2 aromatic carbocycles. The Bertz CT molecular complexity index is 1080. The van der Waals surface area contributed by atoms with Gasteiger partial charge >= 0.3 is 5.97 Å². The molecule has 2 aromatic rings. The fourth-order valence-corrected chi connectivity index (χ4v) is 3.39. The van der Waals surface area contributed by atoms with Crippen molar-refractivity contribution in [3.05, 3.63) is 59.7 Å². The maximum atomic E-state index is 12.8. The largest absolute Gasteiger partial charge is 0.493 e. The molecule has 0 aliphatic rings. The lowest BCUT2D eigenvalue weighted by Crippen LogP contribution is -2.13. The first-order valence-corrected chi connectivity index (χ1v) is 11.1. The number of methoxy groups -OCH3 is 4. The molecule has 0 saturated carbocycles. The summed E-state index contributed by atoms with van der Waals surface area (Å²) in [5.41, 5.74) is 0.941. The van der Waals surface area contributed by atoms with E-state index in [0.29, 0.717) is 22.8 Å². The smallest absolute Gasteiger partial charge is 0.321 e. The van der Waals surface area contributed by atoms with Gasteiger partial charge in [-0.2, -0.15) is 0 Å². The van der Waals surface area contributed by atoms with Gasteiger partial charge in [0.1, 0.15) is 0 Å². The van der Waals surface area contributed by atoms with Gasteiger partial charge < -0.3 is 23.7 Å². The molecule has 0 N–H and O–H groups in total. The molecule has 0 aromatic heterocycles. The summed E-state index contributed by atoms with van der Waals surface area (Å²) in [6, 6.07) is 7.92. The van der Waals surface area contributed by atoms with E-state index in [1.807, 2.05) is 0 Å². The average molecular weight is 487 g/mol. The lowest BCUT2D eigenvalue weighted by atomic mass is 10.1. The van der Waals surface area contributed by atoms with Crippen molar-refractivity contribution in [1.29, 1.82) is 0 Å². The minimum atomic E-state index is -0.640. The van der Waals surface area contributed by atoms with E-state index in [1.165, 1.54) is 52.7 Å².